The Morgan fingerprint density at radius 1 is 1.36 bits per heavy atom. The van der Waals surface area contributed by atoms with E-state index in [-0.39, 0.29) is 6.04 Å². The number of hydrogen-bond acceptors (Lipinski definition) is 3. The van der Waals surface area contributed by atoms with E-state index in [0.29, 0.717) is 10.8 Å². The van der Waals surface area contributed by atoms with Crippen molar-refractivity contribution in [3.05, 3.63) is 35.4 Å². The van der Waals surface area contributed by atoms with Gasteiger partial charge in [-0.15, -0.1) is 0 Å². The van der Waals surface area contributed by atoms with Crippen LogP contribution in [0.15, 0.2) is 18.2 Å². The van der Waals surface area contributed by atoms with E-state index in [2.05, 4.69) is 10.6 Å². The van der Waals surface area contributed by atoms with Crippen LogP contribution in [-0.4, -0.2) is 35.3 Å². The number of rotatable bonds is 5. The Morgan fingerprint density at radius 3 is 2.52 bits per heavy atom. The van der Waals surface area contributed by atoms with Crippen molar-refractivity contribution in [1.82, 2.24) is 15.5 Å². The Morgan fingerprint density at radius 2 is 1.96 bits per heavy atom. The van der Waals surface area contributed by atoms with Crippen LogP contribution in [-0.2, 0) is 15.1 Å². The Kier molecular flexibility index (Phi) is 4.22. The number of imide groups is 1. The van der Waals surface area contributed by atoms with Crippen LogP contribution in [0, 0.1) is 17.6 Å². The number of carbonyl (C=O) groups excluding carboxylic acids is 3. The SMILES string of the molecule is C[C@H](NC(=O)CN1C(=O)N[C@](C)(c2c(F)cccc2F)C1=O)C1CC1. The molecule has 6 nitrogen and oxygen atoms in total. The van der Waals surface area contributed by atoms with Gasteiger partial charge >= 0.3 is 6.03 Å². The van der Waals surface area contributed by atoms with Gasteiger partial charge in [0.05, 0.1) is 5.56 Å². The quantitative estimate of drug-likeness (QED) is 0.792. The molecule has 2 fully saturated rings. The molecule has 0 aromatic heterocycles. The van der Waals surface area contributed by atoms with Crippen LogP contribution in [0.25, 0.3) is 0 Å². The second-order valence-corrected chi connectivity index (χ2v) is 6.74. The van der Waals surface area contributed by atoms with Crippen molar-refractivity contribution >= 4 is 17.8 Å². The molecular formula is C17H19F2N3O3. The van der Waals surface area contributed by atoms with E-state index in [1.807, 2.05) is 6.92 Å². The van der Waals surface area contributed by atoms with Crippen LogP contribution in [0.5, 0.6) is 0 Å². The topological polar surface area (TPSA) is 78.5 Å². The van der Waals surface area contributed by atoms with Crippen LogP contribution >= 0.6 is 0 Å². The van der Waals surface area contributed by atoms with Gasteiger partial charge in [0, 0.05) is 6.04 Å². The highest BCUT2D eigenvalue weighted by molar-refractivity contribution is 6.09. The summed E-state index contributed by atoms with van der Waals surface area (Å²) in [4.78, 5) is 37.5. The number of carbonyl (C=O) groups is 3. The molecule has 2 atom stereocenters. The number of hydrogen-bond donors (Lipinski definition) is 2. The maximum Gasteiger partial charge on any atom is 0.325 e. The molecule has 1 saturated heterocycles. The summed E-state index contributed by atoms with van der Waals surface area (Å²) in [6, 6.07) is 2.29. The molecule has 1 saturated carbocycles. The first-order valence-corrected chi connectivity index (χ1v) is 8.12. The van der Waals surface area contributed by atoms with Crippen molar-refractivity contribution in [3.63, 3.8) is 0 Å². The fourth-order valence-electron chi connectivity index (χ4n) is 3.14. The zero-order valence-electron chi connectivity index (χ0n) is 13.9. The molecule has 8 heteroatoms. The summed E-state index contributed by atoms with van der Waals surface area (Å²) in [5, 5.41) is 5.04. The molecule has 2 N–H and O–H groups in total. The summed E-state index contributed by atoms with van der Waals surface area (Å²) < 4.78 is 28.1. The van der Waals surface area contributed by atoms with Crippen LogP contribution in [0.4, 0.5) is 13.6 Å². The Labute approximate surface area is 143 Å². The van der Waals surface area contributed by atoms with Gasteiger partial charge in [0.2, 0.25) is 5.91 Å². The van der Waals surface area contributed by atoms with Gasteiger partial charge in [0.15, 0.2) is 0 Å². The molecule has 1 aromatic rings. The molecule has 0 radical (unpaired) electrons. The number of nitrogens with zero attached hydrogens (tertiary/aromatic N) is 1. The molecule has 1 heterocycles. The van der Waals surface area contributed by atoms with Crippen molar-refractivity contribution in [2.24, 2.45) is 5.92 Å². The van der Waals surface area contributed by atoms with E-state index < -0.39 is 47.1 Å². The standard InChI is InChI=1S/C17H19F2N3O3/c1-9(10-6-7-10)20-13(23)8-22-15(24)17(2,21-16(22)25)14-11(18)4-3-5-12(14)19/h3-5,9-10H,6-8H2,1-2H3,(H,20,23)(H,21,25)/t9-,17+/m0/s1. The smallest absolute Gasteiger partial charge is 0.325 e. The molecule has 1 aliphatic heterocycles. The number of amides is 4. The minimum atomic E-state index is -1.89. The molecule has 1 aliphatic carbocycles. The number of benzene rings is 1. The van der Waals surface area contributed by atoms with E-state index in [1.54, 1.807) is 0 Å². The van der Waals surface area contributed by atoms with Gasteiger partial charge in [-0.2, -0.15) is 0 Å². The Bertz CT molecular complexity index is 730. The second kappa shape index (κ2) is 6.09. The van der Waals surface area contributed by atoms with E-state index in [9.17, 15) is 23.2 Å². The van der Waals surface area contributed by atoms with Gasteiger partial charge in [-0.1, -0.05) is 6.07 Å². The summed E-state index contributed by atoms with van der Waals surface area (Å²) in [6.07, 6.45) is 2.07. The Hall–Kier alpha value is -2.51. The van der Waals surface area contributed by atoms with Gasteiger partial charge in [0.1, 0.15) is 23.7 Å². The largest absolute Gasteiger partial charge is 0.352 e. The lowest BCUT2D eigenvalue weighted by Crippen LogP contribution is -2.45. The summed E-state index contributed by atoms with van der Waals surface area (Å²) in [6.45, 7) is 2.59. The average molecular weight is 351 g/mol. The Balaban J connectivity index is 1.78. The van der Waals surface area contributed by atoms with Crippen LogP contribution < -0.4 is 10.6 Å². The van der Waals surface area contributed by atoms with E-state index >= 15 is 0 Å². The molecule has 0 spiro atoms. The third-order valence-corrected chi connectivity index (χ3v) is 4.76. The van der Waals surface area contributed by atoms with Crippen molar-refractivity contribution in [2.45, 2.75) is 38.3 Å². The number of halogens is 2. The fraction of sp³-hybridized carbons (Fsp3) is 0.471. The predicted molar refractivity (Wildman–Crippen MR) is 84.3 cm³/mol. The molecular weight excluding hydrogens is 332 g/mol. The third kappa shape index (κ3) is 3.08. The average Bonchev–Trinajstić information content (AvgIpc) is 3.33. The van der Waals surface area contributed by atoms with Gasteiger partial charge in [0.25, 0.3) is 5.91 Å². The first-order valence-electron chi connectivity index (χ1n) is 8.12. The van der Waals surface area contributed by atoms with E-state index in [4.69, 9.17) is 0 Å². The van der Waals surface area contributed by atoms with Crippen molar-refractivity contribution in [3.8, 4) is 0 Å². The minimum absolute atomic E-state index is 0.0383. The van der Waals surface area contributed by atoms with E-state index in [0.717, 1.165) is 25.0 Å². The number of urea groups is 1. The lowest BCUT2D eigenvalue weighted by atomic mass is 9.91. The third-order valence-electron chi connectivity index (χ3n) is 4.76. The summed E-state index contributed by atoms with van der Waals surface area (Å²) >= 11 is 0. The van der Waals surface area contributed by atoms with E-state index in [1.165, 1.54) is 13.0 Å². The maximum absolute atomic E-state index is 14.1. The second-order valence-electron chi connectivity index (χ2n) is 6.74. The molecule has 25 heavy (non-hydrogen) atoms. The molecule has 4 amide bonds. The highest BCUT2D eigenvalue weighted by atomic mass is 19.1. The zero-order valence-corrected chi connectivity index (χ0v) is 13.9. The lowest BCUT2D eigenvalue weighted by Gasteiger charge is -2.23. The minimum Gasteiger partial charge on any atom is -0.352 e. The highest BCUT2D eigenvalue weighted by Gasteiger charge is 2.52. The summed E-state index contributed by atoms with van der Waals surface area (Å²) in [5.74, 6) is -2.81. The van der Waals surface area contributed by atoms with Crippen molar-refractivity contribution in [2.75, 3.05) is 6.54 Å². The first kappa shape index (κ1) is 17.3. The normalized spacial score (nSPS) is 24.2. The van der Waals surface area contributed by atoms with Gasteiger partial charge in [-0.05, 0) is 44.7 Å². The lowest BCUT2D eigenvalue weighted by molar-refractivity contribution is -0.135. The fourth-order valence-corrected chi connectivity index (χ4v) is 3.14. The summed E-state index contributed by atoms with van der Waals surface area (Å²) in [5.41, 5.74) is -2.43. The van der Waals surface area contributed by atoms with Crippen LogP contribution in [0.2, 0.25) is 0 Å². The maximum atomic E-state index is 14.1. The molecule has 0 unspecified atom stereocenters. The highest BCUT2D eigenvalue weighted by Crippen LogP contribution is 2.33. The van der Waals surface area contributed by atoms with Crippen molar-refractivity contribution in [1.29, 1.82) is 0 Å². The van der Waals surface area contributed by atoms with Crippen molar-refractivity contribution < 1.29 is 23.2 Å². The molecule has 1 aromatic carbocycles. The van der Waals surface area contributed by atoms with Gasteiger partial charge in [-0.25, -0.2) is 13.6 Å². The van der Waals surface area contributed by atoms with Crippen LogP contribution in [0.3, 0.4) is 0 Å². The summed E-state index contributed by atoms with van der Waals surface area (Å²) in [7, 11) is 0. The molecule has 0 bridgehead atoms. The van der Waals surface area contributed by atoms with Crippen LogP contribution in [0.1, 0.15) is 32.3 Å². The molecule has 2 aliphatic rings. The van der Waals surface area contributed by atoms with Gasteiger partial charge < -0.3 is 10.6 Å². The first-order chi connectivity index (χ1) is 11.7. The van der Waals surface area contributed by atoms with Gasteiger partial charge in [-0.3, -0.25) is 14.5 Å². The molecule has 134 valence electrons. The zero-order chi connectivity index (χ0) is 18.4. The number of nitrogens with one attached hydrogen (secondary N) is 2. The monoisotopic (exact) mass is 351 g/mol. The predicted octanol–water partition coefficient (Wildman–Crippen LogP) is 1.65. The molecule has 3 rings (SSSR count).